The van der Waals surface area contributed by atoms with E-state index in [1.807, 2.05) is 0 Å². The molecule has 3 atom stereocenters. The maximum atomic E-state index is 11.9. The molecule has 2 rings (SSSR count). The summed E-state index contributed by atoms with van der Waals surface area (Å²) in [5, 5.41) is 0. The first-order valence-electron chi connectivity index (χ1n) is 6.37. The Hall–Kier alpha value is -1.19. The summed E-state index contributed by atoms with van der Waals surface area (Å²) >= 11 is 0. The molecule has 0 aromatic heterocycles. The molecule has 2 fully saturated rings. The molecule has 94 valence electrons. The van der Waals surface area contributed by atoms with Gasteiger partial charge in [-0.1, -0.05) is 12.8 Å². The van der Waals surface area contributed by atoms with E-state index in [0.29, 0.717) is 0 Å². The monoisotopic (exact) mass is 238 g/mol. The molecule has 0 aromatic rings. The highest BCUT2D eigenvalue weighted by molar-refractivity contribution is 6.11. The summed E-state index contributed by atoms with van der Waals surface area (Å²) in [6, 6.07) is 0. The van der Waals surface area contributed by atoms with Crippen molar-refractivity contribution in [1.82, 2.24) is 0 Å². The minimum absolute atomic E-state index is 0.0280. The highest BCUT2D eigenvalue weighted by atomic mass is 16.5. The standard InChI is InChI=1S/C13H18O4/c1-2-17-13(16)12-9-6-4-3-5-8(9)10(14)7-11(12)15/h8-9,12H,2-7H2,1H3/t8-,9+,12+/m1/s1. The fraction of sp³-hybridized carbons (Fsp3) is 0.769. The van der Waals surface area contributed by atoms with Gasteiger partial charge in [-0.15, -0.1) is 0 Å². The maximum Gasteiger partial charge on any atom is 0.316 e. The van der Waals surface area contributed by atoms with Crippen molar-refractivity contribution in [2.75, 3.05) is 6.61 Å². The topological polar surface area (TPSA) is 60.4 Å². The van der Waals surface area contributed by atoms with Gasteiger partial charge in [0.15, 0.2) is 5.78 Å². The average molecular weight is 238 g/mol. The van der Waals surface area contributed by atoms with E-state index in [9.17, 15) is 14.4 Å². The van der Waals surface area contributed by atoms with Crippen LogP contribution >= 0.6 is 0 Å². The van der Waals surface area contributed by atoms with Crippen LogP contribution in [-0.2, 0) is 19.1 Å². The van der Waals surface area contributed by atoms with Gasteiger partial charge in [-0.3, -0.25) is 14.4 Å². The van der Waals surface area contributed by atoms with E-state index in [2.05, 4.69) is 0 Å². The molecule has 0 bridgehead atoms. The molecule has 2 aliphatic carbocycles. The molecule has 0 aliphatic heterocycles. The summed E-state index contributed by atoms with van der Waals surface area (Å²) < 4.78 is 4.96. The van der Waals surface area contributed by atoms with Gasteiger partial charge in [0.1, 0.15) is 11.7 Å². The van der Waals surface area contributed by atoms with Crippen molar-refractivity contribution in [2.24, 2.45) is 17.8 Å². The lowest BCUT2D eigenvalue weighted by Crippen LogP contribution is -2.46. The van der Waals surface area contributed by atoms with Crippen LogP contribution in [0, 0.1) is 17.8 Å². The van der Waals surface area contributed by atoms with Crippen molar-refractivity contribution in [3.63, 3.8) is 0 Å². The number of ketones is 2. The lowest BCUT2D eigenvalue weighted by molar-refractivity contribution is -0.159. The van der Waals surface area contributed by atoms with Crippen LogP contribution in [0.15, 0.2) is 0 Å². The molecule has 0 aromatic carbocycles. The molecule has 0 radical (unpaired) electrons. The van der Waals surface area contributed by atoms with Crippen molar-refractivity contribution in [1.29, 1.82) is 0 Å². The molecule has 2 aliphatic rings. The van der Waals surface area contributed by atoms with Gasteiger partial charge in [-0.2, -0.15) is 0 Å². The van der Waals surface area contributed by atoms with Crippen LogP contribution in [-0.4, -0.2) is 24.1 Å². The number of rotatable bonds is 2. The lowest BCUT2D eigenvalue weighted by Gasteiger charge is -2.37. The van der Waals surface area contributed by atoms with E-state index in [4.69, 9.17) is 4.74 Å². The average Bonchev–Trinajstić information content (AvgIpc) is 2.29. The van der Waals surface area contributed by atoms with E-state index in [1.165, 1.54) is 0 Å². The van der Waals surface area contributed by atoms with E-state index >= 15 is 0 Å². The molecule has 2 saturated carbocycles. The molecule has 0 unspecified atom stereocenters. The quantitative estimate of drug-likeness (QED) is 0.540. The van der Waals surface area contributed by atoms with Gasteiger partial charge in [0.05, 0.1) is 13.0 Å². The molecule has 0 amide bonds. The Labute approximate surface area is 101 Å². The van der Waals surface area contributed by atoms with Crippen molar-refractivity contribution < 1.29 is 19.1 Å². The zero-order chi connectivity index (χ0) is 12.4. The summed E-state index contributed by atoms with van der Waals surface area (Å²) in [6.45, 7) is 2.02. The smallest absolute Gasteiger partial charge is 0.316 e. The van der Waals surface area contributed by atoms with Gasteiger partial charge in [-0.05, 0) is 25.7 Å². The molecule has 4 nitrogen and oxygen atoms in total. The number of fused-ring (bicyclic) bond motifs is 1. The molecular weight excluding hydrogens is 220 g/mol. The Balaban J connectivity index is 2.20. The second-order valence-electron chi connectivity index (χ2n) is 4.89. The maximum absolute atomic E-state index is 11.9. The number of hydrogen-bond acceptors (Lipinski definition) is 4. The van der Waals surface area contributed by atoms with Gasteiger partial charge in [-0.25, -0.2) is 0 Å². The molecule has 4 heteroatoms. The van der Waals surface area contributed by atoms with Gasteiger partial charge in [0.2, 0.25) is 0 Å². The second kappa shape index (κ2) is 4.98. The largest absolute Gasteiger partial charge is 0.465 e. The van der Waals surface area contributed by atoms with Crippen LogP contribution in [0.2, 0.25) is 0 Å². The number of carbonyl (C=O) groups excluding carboxylic acids is 3. The Morgan fingerprint density at radius 3 is 2.65 bits per heavy atom. The first kappa shape index (κ1) is 12.3. The number of ether oxygens (including phenoxy) is 1. The summed E-state index contributed by atoms with van der Waals surface area (Å²) in [4.78, 5) is 35.5. The van der Waals surface area contributed by atoms with E-state index in [-0.39, 0.29) is 36.4 Å². The number of esters is 1. The van der Waals surface area contributed by atoms with Crippen LogP contribution in [0.25, 0.3) is 0 Å². The van der Waals surface area contributed by atoms with Crippen LogP contribution in [0.5, 0.6) is 0 Å². The van der Waals surface area contributed by atoms with E-state index < -0.39 is 11.9 Å². The minimum atomic E-state index is -0.682. The second-order valence-corrected chi connectivity index (χ2v) is 4.89. The van der Waals surface area contributed by atoms with E-state index in [0.717, 1.165) is 25.7 Å². The third-order valence-electron chi connectivity index (χ3n) is 3.90. The van der Waals surface area contributed by atoms with Crippen LogP contribution in [0.1, 0.15) is 39.0 Å². The van der Waals surface area contributed by atoms with Gasteiger partial charge in [0, 0.05) is 5.92 Å². The third-order valence-corrected chi connectivity index (χ3v) is 3.90. The summed E-state index contributed by atoms with van der Waals surface area (Å²) in [5.74, 6) is -1.51. The van der Waals surface area contributed by atoms with Gasteiger partial charge < -0.3 is 4.74 Å². The van der Waals surface area contributed by atoms with Crippen LogP contribution in [0.3, 0.4) is 0 Å². The Bertz CT molecular complexity index is 347. The number of carbonyl (C=O) groups is 3. The minimum Gasteiger partial charge on any atom is -0.465 e. The zero-order valence-electron chi connectivity index (χ0n) is 10.1. The molecule has 0 spiro atoms. The molecular formula is C13H18O4. The number of hydrogen-bond donors (Lipinski definition) is 0. The first-order chi connectivity index (χ1) is 8.15. The fourth-order valence-electron chi connectivity index (χ4n) is 3.15. The highest BCUT2D eigenvalue weighted by Gasteiger charge is 2.48. The van der Waals surface area contributed by atoms with Crippen molar-refractivity contribution in [3.8, 4) is 0 Å². The van der Waals surface area contributed by atoms with Crippen LogP contribution in [0.4, 0.5) is 0 Å². The highest BCUT2D eigenvalue weighted by Crippen LogP contribution is 2.41. The third kappa shape index (κ3) is 2.26. The van der Waals surface area contributed by atoms with Crippen LogP contribution < -0.4 is 0 Å². The molecule has 0 N–H and O–H groups in total. The summed E-state index contributed by atoms with van der Waals surface area (Å²) in [6.07, 6.45) is 3.57. The predicted molar refractivity (Wildman–Crippen MR) is 60.2 cm³/mol. The molecule has 17 heavy (non-hydrogen) atoms. The first-order valence-corrected chi connectivity index (χ1v) is 6.37. The Kier molecular flexibility index (Phi) is 3.60. The van der Waals surface area contributed by atoms with Gasteiger partial charge >= 0.3 is 5.97 Å². The lowest BCUT2D eigenvalue weighted by atomic mass is 9.64. The van der Waals surface area contributed by atoms with E-state index in [1.54, 1.807) is 6.92 Å². The summed E-state index contributed by atoms with van der Waals surface area (Å²) in [5.41, 5.74) is 0. The number of Topliss-reactive ketones (excluding diaryl/α,β-unsaturated/α-hetero) is 2. The Morgan fingerprint density at radius 2 is 1.94 bits per heavy atom. The fourth-order valence-corrected chi connectivity index (χ4v) is 3.15. The zero-order valence-corrected chi connectivity index (χ0v) is 10.1. The van der Waals surface area contributed by atoms with Crippen molar-refractivity contribution >= 4 is 17.5 Å². The molecule has 0 heterocycles. The van der Waals surface area contributed by atoms with Crippen molar-refractivity contribution in [3.05, 3.63) is 0 Å². The summed E-state index contributed by atoms with van der Waals surface area (Å²) in [7, 11) is 0. The molecule has 0 saturated heterocycles. The SMILES string of the molecule is CCOC(=O)[C@@H]1C(=O)CC(=O)[C@@H]2CCCC[C@H]12. The van der Waals surface area contributed by atoms with Gasteiger partial charge in [0.25, 0.3) is 0 Å². The van der Waals surface area contributed by atoms with Crippen molar-refractivity contribution in [2.45, 2.75) is 39.0 Å². The normalized spacial score (nSPS) is 33.1. The predicted octanol–water partition coefficient (Wildman–Crippen LogP) is 1.51. The Morgan fingerprint density at radius 1 is 1.24 bits per heavy atom.